The van der Waals surface area contributed by atoms with Crippen LogP contribution in [0.25, 0.3) is 0 Å². The first kappa shape index (κ1) is 18.5. The molecule has 0 spiro atoms. The maximum Gasteiger partial charge on any atom is 0.249 e. The molecular weight excluding hydrogens is 276 g/mol. The molecule has 0 bridgehead atoms. The summed E-state index contributed by atoms with van der Waals surface area (Å²) in [5, 5.41) is 0. The molecule has 1 heterocycles. The zero-order valence-electron chi connectivity index (χ0n) is 14.6. The van der Waals surface area contributed by atoms with Crippen LogP contribution in [-0.4, -0.2) is 47.3 Å². The van der Waals surface area contributed by atoms with E-state index in [0.29, 0.717) is 19.6 Å². The summed E-state index contributed by atoms with van der Waals surface area (Å²) >= 11 is 0. The first-order chi connectivity index (χ1) is 10.4. The molecule has 124 valence electrons. The van der Waals surface area contributed by atoms with Gasteiger partial charge in [0, 0.05) is 37.2 Å². The normalized spacial score (nSPS) is 20.1. The second-order valence-corrected chi connectivity index (χ2v) is 6.35. The van der Waals surface area contributed by atoms with Crippen LogP contribution in [0.4, 0.5) is 0 Å². The van der Waals surface area contributed by atoms with E-state index in [1.54, 1.807) is 0 Å². The Morgan fingerprint density at radius 2 is 1.95 bits per heavy atom. The molecule has 2 amide bonds. The number of carbonyl (C=O) groups is 2. The number of hydrogen-bond donors (Lipinski definition) is 0. The molecule has 1 unspecified atom stereocenters. The van der Waals surface area contributed by atoms with E-state index in [4.69, 9.17) is 0 Å². The van der Waals surface area contributed by atoms with Crippen LogP contribution in [0.15, 0.2) is 23.8 Å². The molecule has 0 N–H and O–H groups in total. The monoisotopic (exact) mass is 306 g/mol. The summed E-state index contributed by atoms with van der Waals surface area (Å²) in [6, 6.07) is 0.0620. The highest BCUT2D eigenvalue weighted by Crippen LogP contribution is 2.15. The number of unbranched alkanes of at least 4 members (excludes halogenated alkanes) is 1. The standard InChI is InChI=1S/C18H30N2O2/c1-6-7-8-9-10-15(4)18(22)20-12-11-19(13-16(20)5)17(21)14(2)3/h8-10,14,16H,6-7,11-13H2,1-5H3/b9-8-,15-10+. The molecule has 22 heavy (non-hydrogen) atoms. The van der Waals surface area contributed by atoms with Gasteiger partial charge in [0.25, 0.3) is 0 Å². The maximum atomic E-state index is 12.5. The van der Waals surface area contributed by atoms with Crippen LogP contribution >= 0.6 is 0 Å². The molecule has 0 saturated carbocycles. The average Bonchev–Trinajstić information content (AvgIpc) is 2.49. The van der Waals surface area contributed by atoms with Gasteiger partial charge < -0.3 is 9.80 Å². The molecule has 1 fully saturated rings. The first-order valence-electron chi connectivity index (χ1n) is 8.31. The third kappa shape index (κ3) is 5.00. The minimum Gasteiger partial charge on any atom is -0.339 e. The van der Waals surface area contributed by atoms with Crippen molar-refractivity contribution >= 4 is 11.8 Å². The Morgan fingerprint density at radius 1 is 1.27 bits per heavy atom. The van der Waals surface area contributed by atoms with Crippen molar-refractivity contribution < 1.29 is 9.59 Å². The van der Waals surface area contributed by atoms with Crippen molar-refractivity contribution in [3.05, 3.63) is 23.8 Å². The lowest BCUT2D eigenvalue weighted by atomic mass is 10.1. The van der Waals surface area contributed by atoms with Gasteiger partial charge in [0.15, 0.2) is 0 Å². The van der Waals surface area contributed by atoms with Crippen molar-refractivity contribution in [3.8, 4) is 0 Å². The number of amides is 2. The van der Waals surface area contributed by atoms with E-state index in [-0.39, 0.29) is 23.8 Å². The summed E-state index contributed by atoms with van der Waals surface area (Å²) in [7, 11) is 0. The van der Waals surface area contributed by atoms with Crippen molar-refractivity contribution in [1.82, 2.24) is 9.80 Å². The van der Waals surface area contributed by atoms with E-state index < -0.39 is 0 Å². The van der Waals surface area contributed by atoms with Gasteiger partial charge >= 0.3 is 0 Å². The van der Waals surface area contributed by atoms with Gasteiger partial charge in [-0.1, -0.05) is 45.4 Å². The smallest absolute Gasteiger partial charge is 0.249 e. The highest BCUT2D eigenvalue weighted by molar-refractivity contribution is 5.93. The Morgan fingerprint density at radius 3 is 2.50 bits per heavy atom. The molecule has 4 heteroatoms. The lowest BCUT2D eigenvalue weighted by Crippen LogP contribution is -2.56. The number of allylic oxidation sites excluding steroid dienone is 3. The molecule has 1 saturated heterocycles. The van der Waals surface area contributed by atoms with Gasteiger partial charge in [0.05, 0.1) is 0 Å². The van der Waals surface area contributed by atoms with Gasteiger partial charge in [-0.2, -0.15) is 0 Å². The summed E-state index contributed by atoms with van der Waals surface area (Å²) in [5.41, 5.74) is 0.753. The minimum absolute atomic E-state index is 0.0137. The Hall–Kier alpha value is -1.58. The van der Waals surface area contributed by atoms with Crippen molar-refractivity contribution in [2.45, 2.75) is 53.5 Å². The van der Waals surface area contributed by atoms with E-state index in [1.165, 1.54) is 0 Å². The lowest BCUT2D eigenvalue weighted by molar-refractivity contribution is -0.142. The molecule has 0 aromatic rings. The van der Waals surface area contributed by atoms with E-state index in [2.05, 4.69) is 13.0 Å². The fraction of sp³-hybridized carbons (Fsp3) is 0.667. The topological polar surface area (TPSA) is 40.6 Å². The molecule has 1 rings (SSSR count). The van der Waals surface area contributed by atoms with Crippen LogP contribution in [0.2, 0.25) is 0 Å². The second kappa shape index (κ2) is 8.76. The number of piperazine rings is 1. The molecule has 1 atom stereocenters. The van der Waals surface area contributed by atoms with Crippen LogP contribution < -0.4 is 0 Å². The zero-order valence-corrected chi connectivity index (χ0v) is 14.6. The Labute approximate surface area is 134 Å². The molecule has 4 nitrogen and oxygen atoms in total. The fourth-order valence-corrected chi connectivity index (χ4v) is 2.60. The molecular formula is C18H30N2O2. The van der Waals surface area contributed by atoms with Crippen molar-refractivity contribution in [1.29, 1.82) is 0 Å². The summed E-state index contributed by atoms with van der Waals surface area (Å²) in [6.07, 6.45) is 8.07. The van der Waals surface area contributed by atoms with E-state index >= 15 is 0 Å². The quantitative estimate of drug-likeness (QED) is 0.579. The summed E-state index contributed by atoms with van der Waals surface area (Å²) < 4.78 is 0. The highest BCUT2D eigenvalue weighted by atomic mass is 16.2. The second-order valence-electron chi connectivity index (χ2n) is 6.35. The Balaban J connectivity index is 2.64. The van der Waals surface area contributed by atoms with Crippen LogP contribution in [0, 0.1) is 5.92 Å². The molecule has 1 aliphatic rings. The summed E-state index contributed by atoms with van der Waals surface area (Å²) in [6.45, 7) is 11.7. The first-order valence-corrected chi connectivity index (χ1v) is 8.31. The van der Waals surface area contributed by atoms with Gasteiger partial charge in [-0.3, -0.25) is 9.59 Å². The predicted octanol–water partition coefficient (Wildman–Crippen LogP) is 3.00. The van der Waals surface area contributed by atoms with E-state index in [1.807, 2.05) is 49.6 Å². The summed E-state index contributed by atoms with van der Waals surface area (Å²) in [5.74, 6) is 0.263. The largest absolute Gasteiger partial charge is 0.339 e. The molecule has 0 aromatic carbocycles. The van der Waals surface area contributed by atoms with E-state index in [9.17, 15) is 9.59 Å². The number of nitrogens with zero attached hydrogens (tertiary/aromatic N) is 2. The van der Waals surface area contributed by atoms with Crippen molar-refractivity contribution in [3.63, 3.8) is 0 Å². The molecule has 0 aliphatic carbocycles. The minimum atomic E-state index is 0.0137. The van der Waals surface area contributed by atoms with Gasteiger partial charge in [-0.05, 0) is 20.3 Å². The van der Waals surface area contributed by atoms with E-state index in [0.717, 1.165) is 18.4 Å². The third-order valence-corrected chi connectivity index (χ3v) is 3.97. The van der Waals surface area contributed by atoms with Crippen LogP contribution in [0.3, 0.4) is 0 Å². The number of hydrogen-bond acceptors (Lipinski definition) is 2. The molecule has 0 radical (unpaired) electrons. The van der Waals surface area contributed by atoms with Gasteiger partial charge in [0.2, 0.25) is 11.8 Å². The average molecular weight is 306 g/mol. The Bertz CT molecular complexity index is 452. The third-order valence-electron chi connectivity index (χ3n) is 3.97. The SMILES string of the molecule is CCC/C=C\C=C(/C)C(=O)N1CCN(C(=O)C(C)C)CC1C. The van der Waals surface area contributed by atoms with Crippen LogP contribution in [0.1, 0.15) is 47.5 Å². The Kier molecular flexibility index (Phi) is 7.36. The van der Waals surface area contributed by atoms with Crippen LogP contribution in [-0.2, 0) is 9.59 Å². The fourth-order valence-electron chi connectivity index (χ4n) is 2.60. The molecule has 0 aromatic heterocycles. The highest BCUT2D eigenvalue weighted by Gasteiger charge is 2.30. The van der Waals surface area contributed by atoms with Gasteiger partial charge in [-0.15, -0.1) is 0 Å². The lowest BCUT2D eigenvalue weighted by Gasteiger charge is -2.40. The van der Waals surface area contributed by atoms with Crippen LogP contribution in [0.5, 0.6) is 0 Å². The number of carbonyl (C=O) groups excluding carboxylic acids is 2. The molecule has 1 aliphatic heterocycles. The van der Waals surface area contributed by atoms with Crippen molar-refractivity contribution in [2.24, 2.45) is 5.92 Å². The summed E-state index contributed by atoms with van der Waals surface area (Å²) in [4.78, 5) is 28.3. The van der Waals surface area contributed by atoms with Crippen molar-refractivity contribution in [2.75, 3.05) is 19.6 Å². The maximum absolute atomic E-state index is 12.5. The van der Waals surface area contributed by atoms with Gasteiger partial charge in [-0.25, -0.2) is 0 Å². The number of rotatable bonds is 5. The van der Waals surface area contributed by atoms with Gasteiger partial charge in [0.1, 0.15) is 0 Å². The zero-order chi connectivity index (χ0) is 16.7. The predicted molar refractivity (Wildman–Crippen MR) is 90.4 cm³/mol.